The first-order chi connectivity index (χ1) is 8.70. The lowest BCUT2D eigenvalue weighted by atomic mass is 9.81. The van der Waals surface area contributed by atoms with Crippen LogP contribution in [-0.2, 0) is 4.74 Å². The SMILES string of the molecule is CCC1CCC(O)C(N(C)CC2CCCCO2)C1. The molecule has 2 fully saturated rings. The van der Waals surface area contributed by atoms with Gasteiger partial charge in [-0.2, -0.15) is 0 Å². The lowest BCUT2D eigenvalue weighted by Crippen LogP contribution is -2.48. The van der Waals surface area contributed by atoms with Crippen molar-refractivity contribution in [2.24, 2.45) is 5.92 Å². The lowest BCUT2D eigenvalue weighted by molar-refractivity contribution is -0.0378. The number of nitrogens with zero attached hydrogens (tertiary/aromatic N) is 1. The van der Waals surface area contributed by atoms with Crippen molar-refractivity contribution in [3.8, 4) is 0 Å². The molecule has 0 aromatic rings. The van der Waals surface area contributed by atoms with Gasteiger partial charge >= 0.3 is 0 Å². The van der Waals surface area contributed by atoms with Crippen LogP contribution in [0.2, 0.25) is 0 Å². The Balaban J connectivity index is 1.83. The molecular weight excluding hydrogens is 226 g/mol. The second-order valence-electron chi connectivity index (χ2n) is 6.15. The molecule has 4 atom stereocenters. The van der Waals surface area contributed by atoms with Gasteiger partial charge in [0.2, 0.25) is 0 Å². The topological polar surface area (TPSA) is 32.7 Å². The minimum absolute atomic E-state index is 0.138. The summed E-state index contributed by atoms with van der Waals surface area (Å²) in [6.45, 7) is 4.17. The molecule has 1 aliphatic heterocycles. The quantitative estimate of drug-likeness (QED) is 0.837. The van der Waals surface area contributed by atoms with Gasteiger partial charge < -0.3 is 9.84 Å². The number of likely N-dealkylation sites (N-methyl/N-ethyl adjacent to an activating group) is 1. The number of aliphatic hydroxyl groups excluding tert-OH is 1. The zero-order valence-corrected chi connectivity index (χ0v) is 12.0. The van der Waals surface area contributed by atoms with E-state index in [4.69, 9.17) is 4.74 Å². The lowest BCUT2D eigenvalue weighted by Gasteiger charge is -2.40. The molecule has 0 aromatic carbocycles. The van der Waals surface area contributed by atoms with E-state index in [1.54, 1.807) is 0 Å². The maximum Gasteiger partial charge on any atom is 0.0702 e. The Morgan fingerprint density at radius 1 is 1.22 bits per heavy atom. The highest BCUT2D eigenvalue weighted by molar-refractivity contribution is 4.86. The predicted octanol–water partition coefficient (Wildman–Crippen LogP) is 2.43. The van der Waals surface area contributed by atoms with Gasteiger partial charge in [-0.05, 0) is 51.5 Å². The summed E-state index contributed by atoms with van der Waals surface area (Å²) in [6.07, 6.45) is 8.51. The molecule has 0 spiro atoms. The fraction of sp³-hybridized carbons (Fsp3) is 1.00. The van der Waals surface area contributed by atoms with Crippen LogP contribution in [0.15, 0.2) is 0 Å². The van der Waals surface area contributed by atoms with E-state index in [2.05, 4.69) is 18.9 Å². The highest BCUT2D eigenvalue weighted by atomic mass is 16.5. The molecule has 4 unspecified atom stereocenters. The van der Waals surface area contributed by atoms with Gasteiger partial charge in [-0.25, -0.2) is 0 Å². The first-order valence-corrected chi connectivity index (χ1v) is 7.70. The number of ether oxygens (including phenoxy) is 1. The highest BCUT2D eigenvalue weighted by Gasteiger charge is 2.32. The Bertz CT molecular complexity index is 241. The normalized spacial score (nSPS) is 38.0. The smallest absolute Gasteiger partial charge is 0.0702 e. The van der Waals surface area contributed by atoms with Crippen LogP contribution in [0.25, 0.3) is 0 Å². The molecule has 3 nitrogen and oxygen atoms in total. The number of hydrogen-bond donors (Lipinski definition) is 1. The molecular formula is C15H29NO2. The van der Waals surface area contributed by atoms with Crippen LogP contribution in [0, 0.1) is 5.92 Å². The fourth-order valence-electron chi connectivity index (χ4n) is 3.47. The number of aliphatic hydroxyl groups is 1. The van der Waals surface area contributed by atoms with Gasteiger partial charge in [-0.3, -0.25) is 4.90 Å². The number of hydrogen-bond acceptors (Lipinski definition) is 3. The molecule has 18 heavy (non-hydrogen) atoms. The molecule has 3 heteroatoms. The van der Waals surface area contributed by atoms with Crippen molar-refractivity contribution in [1.82, 2.24) is 4.90 Å². The van der Waals surface area contributed by atoms with E-state index in [1.807, 2.05) is 0 Å². The van der Waals surface area contributed by atoms with E-state index in [0.29, 0.717) is 12.1 Å². The van der Waals surface area contributed by atoms with E-state index >= 15 is 0 Å². The standard InChI is InChI=1S/C15H29NO2/c1-3-12-7-8-15(17)14(10-12)16(2)11-13-6-4-5-9-18-13/h12-15,17H,3-11H2,1-2H3. The van der Waals surface area contributed by atoms with Crippen LogP contribution in [0.4, 0.5) is 0 Å². The minimum Gasteiger partial charge on any atom is -0.391 e. The van der Waals surface area contributed by atoms with Crippen molar-refractivity contribution in [2.45, 2.75) is 70.1 Å². The monoisotopic (exact) mass is 255 g/mol. The van der Waals surface area contributed by atoms with Gasteiger partial charge in [0.1, 0.15) is 0 Å². The van der Waals surface area contributed by atoms with Crippen molar-refractivity contribution < 1.29 is 9.84 Å². The van der Waals surface area contributed by atoms with Gasteiger partial charge in [-0.15, -0.1) is 0 Å². The largest absolute Gasteiger partial charge is 0.391 e. The molecule has 106 valence electrons. The average molecular weight is 255 g/mol. The summed E-state index contributed by atoms with van der Waals surface area (Å²) in [4.78, 5) is 2.35. The minimum atomic E-state index is -0.138. The predicted molar refractivity (Wildman–Crippen MR) is 73.6 cm³/mol. The van der Waals surface area contributed by atoms with Crippen molar-refractivity contribution >= 4 is 0 Å². The maximum absolute atomic E-state index is 10.2. The molecule has 1 aliphatic carbocycles. The first-order valence-electron chi connectivity index (χ1n) is 7.70. The summed E-state index contributed by atoms with van der Waals surface area (Å²) in [5, 5.41) is 10.2. The first kappa shape index (κ1) is 14.3. The second kappa shape index (κ2) is 6.88. The summed E-state index contributed by atoms with van der Waals surface area (Å²) < 4.78 is 5.80. The summed E-state index contributed by atoms with van der Waals surface area (Å²) in [5.74, 6) is 0.799. The van der Waals surface area contributed by atoms with E-state index in [0.717, 1.165) is 31.9 Å². The second-order valence-corrected chi connectivity index (χ2v) is 6.15. The third-order valence-electron chi connectivity index (χ3n) is 4.80. The van der Waals surface area contributed by atoms with Gasteiger partial charge in [0.05, 0.1) is 12.2 Å². The molecule has 1 heterocycles. The molecule has 2 rings (SSSR count). The average Bonchev–Trinajstić information content (AvgIpc) is 2.40. The molecule has 1 saturated carbocycles. The third-order valence-corrected chi connectivity index (χ3v) is 4.80. The Hall–Kier alpha value is -0.120. The van der Waals surface area contributed by atoms with Crippen LogP contribution in [0.1, 0.15) is 51.9 Å². The number of rotatable bonds is 4. The molecule has 0 amide bonds. The summed E-state index contributed by atoms with van der Waals surface area (Å²) >= 11 is 0. The highest BCUT2D eigenvalue weighted by Crippen LogP contribution is 2.30. The van der Waals surface area contributed by atoms with Crippen LogP contribution < -0.4 is 0 Å². The third kappa shape index (κ3) is 3.69. The molecule has 0 bridgehead atoms. The zero-order valence-electron chi connectivity index (χ0n) is 12.0. The van der Waals surface area contributed by atoms with Gasteiger partial charge in [-0.1, -0.05) is 13.3 Å². The van der Waals surface area contributed by atoms with Crippen molar-refractivity contribution in [2.75, 3.05) is 20.2 Å². The van der Waals surface area contributed by atoms with E-state index in [1.165, 1.54) is 32.1 Å². The molecule has 0 radical (unpaired) electrons. The summed E-state index contributed by atoms with van der Waals surface area (Å²) in [6, 6.07) is 0.342. The molecule has 0 aromatic heterocycles. The van der Waals surface area contributed by atoms with Crippen LogP contribution in [-0.4, -0.2) is 48.5 Å². The summed E-state index contributed by atoms with van der Waals surface area (Å²) in [5.41, 5.74) is 0. The molecule has 2 aliphatic rings. The fourth-order valence-corrected chi connectivity index (χ4v) is 3.47. The van der Waals surface area contributed by atoms with Gasteiger partial charge in [0, 0.05) is 19.2 Å². The van der Waals surface area contributed by atoms with Crippen molar-refractivity contribution in [3.63, 3.8) is 0 Å². The van der Waals surface area contributed by atoms with E-state index in [-0.39, 0.29) is 6.10 Å². The Morgan fingerprint density at radius 3 is 2.72 bits per heavy atom. The van der Waals surface area contributed by atoms with Crippen LogP contribution in [0.5, 0.6) is 0 Å². The van der Waals surface area contributed by atoms with E-state index < -0.39 is 0 Å². The Labute approximate surface area is 112 Å². The van der Waals surface area contributed by atoms with Crippen molar-refractivity contribution in [1.29, 1.82) is 0 Å². The van der Waals surface area contributed by atoms with Crippen LogP contribution >= 0.6 is 0 Å². The van der Waals surface area contributed by atoms with Gasteiger partial charge in [0.25, 0.3) is 0 Å². The molecule has 1 N–H and O–H groups in total. The Morgan fingerprint density at radius 2 is 2.06 bits per heavy atom. The zero-order chi connectivity index (χ0) is 13.0. The van der Waals surface area contributed by atoms with Crippen LogP contribution in [0.3, 0.4) is 0 Å². The molecule has 1 saturated heterocycles. The maximum atomic E-state index is 10.2. The van der Waals surface area contributed by atoms with Gasteiger partial charge in [0.15, 0.2) is 0 Å². The van der Waals surface area contributed by atoms with Crippen molar-refractivity contribution in [3.05, 3.63) is 0 Å². The van der Waals surface area contributed by atoms with E-state index in [9.17, 15) is 5.11 Å². The Kier molecular flexibility index (Phi) is 5.46. The summed E-state index contributed by atoms with van der Waals surface area (Å²) in [7, 11) is 2.16.